The predicted octanol–water partition coefficient (Wildman–Crippen LogP) is 3.75. The van der Waals surface area contributed by atoms with Gasteiger partial charge < -0.3 is 10.6 Å². The predicted molar refractivity (Wildman–Crippen MR) is 129 cm³/mol. The van der Waals surface area contributed by atoms with E-state index in [-0.39, 0.29) is 17.4 Å². The summed E-state index contributed by atoms with van der Waals surface area (Å²) in [5.74, 6) is 0.607. The van der Waals surface area contributed by atoms with Crippen LogP contribution in [0, 0.1) is 5.41 Å². The number of amides is 1. The minimum Gasteiger partial charge on any atom is -0.359 e. The van der Waals surface area contributed by atoms with E-state index in [4.69, 9.17) is 4.98 Å². The number of hydrogen-bond donors (Lipinski definition) is 2. The molecule has 3 heterocycles. The number of rotatable bonds is 5. The van der Waals surface area contributed by atoms with Crippen molar-refractivity contribution in [3.05, 3.63) is 53.8 Å². The summed E-state index contributed by atoms with van der Waals surface area (Å²) in [5, 5.41) is 11.6. The van der Waals surface area contributed by atoms with Crippen LogP contribution in [0.3, 0.4) is 0 Å². The summed E-state index contributed by atoms with van der Waals surface area (Å²) in [6.07, 6.45) is 9.30. The van der Waals surface area contributed by atoms with E-state index in [0.29, 0.717) is 16.2 Å². The van der Waals surface area contributed by atoms with Crippen molar-refractivity contribution in [1.82, 2.24) is 35.0 Å². The number of halogens is 1. The molecule has 0 bridgehead atoms. The van der Waals surface area contributed by atoms with Gasteiger partial charge in [0.2, 0.25) is 11.9 Å². The lowest BCUT2D eigenvalue weighted by molar-refractivity contribution is -0.129. The van der Waals surface area contributed by atoms with Gasteiger partial charge in [-0.15, -0.1) is 0 Å². The van der Waals surface area contributed by atoms with Gasteiger partial charge in [-0.1, -0.05) is 19.1 Å². The molecular formula is C23H23BrN8O. The molecule has 0 unspecified atom stereocenters. The molecule has 33 heavy (non-hydrogen) atoms. The van der Waals surface area contributed by atoms with Crippen LogP contribution in [0.5, 0.6) is 0 Å². The summed E-state index contributed by atoms with van der Waals surface area (Å²) in [7, 11) is 1.69. The number of anilines is 1. The van der Waals surface area contributed by atoms with Gasteiger partial charge in [0.25, 0.3) is 0 Å². The Kier molecular flexibility index (Phi) is 5.53. The SMILES string of the molecule is CNC(=O)[C@]1(C)CC[C@@H](Nc2ncc3c(Br)nn(-c4ccc(-c5cncnc5)cc4)c3n2)C1. The molecular weight excluding hydrogens is 484 g/mol. The van der Waals surface area contributed by atoms with Gasteiger partial charge in [0.05, 0.1) is 11.1 Å². The summed E-state index contributed by atoms with van der Waals surface area (Å²) in [5.41, 5.74) is 3.18. The van der Waals surface area contributed by atoms with Crippen LogP contribution in [0.25, 0.3) is 27.8 Å². The molecule has 2 N–H and O–H groups in total. The first kappa shape index (κ1) is 21.4. The third-order valence-corrected chi connectivity index (χ3v) is 6.82. The first-order valence-corrected chi connectivity index (χ1v) is 11.5. The zero-order valence-corrected chi connectivity index (χ0v) is 19.9. The highest BCUT2D eigenvalue weighted by Crippen LogP contribution is 2.39. The van der Waals surface area contributed by atoms with Crippen LogP contribution in [0.2, 0.25) is 0 Å². The lowest BCUT2D eigenvalue weighted by atomic mass is 9.87. The monoisotopic (exact) mass is 506 g/mol. The lowest BCUT2D eigenvalue weighted by Gasteiger charge is -2.22. The molecule has 5 rings (SSSR count). The summed E-state index contributed by atoms with van der Waals surface area (Å²) < 4.78 is 2.47. The second-order valence-corrected chi connectivity index (χ2v) is 9.28. The van der Waals surface area contributed by atoms with Crippen LogP contribution in [-0.4, -0.2) is 48.7 Å². The topological polar surface area (TPSA) is 111 Å². The van der Waals surface area contributed by atoms with E-state index in [1.54, 1.807) is 30.3 Å². The van der Waals surface area contributed by atoms with E-state index in [9.17, 15) is 4.79 Å². The molecule has 9 nitrogen and oxygen atoms in total. The smallest absolute Gasteiger partial charge is 0.225 e. The molecule has 0 spiro atoms. The van der Waals surface area contributed by atoms with E-state index in [0.717, 1.165) is 41.5 Å². The average Bonchev–Trinajstić information content (AvgIpc) is 3.39. The third kappa shape index (κ3) is 4.06. The maximum Gasteiger partial charge on any atom is 0.225 e. The average molecular weight is 507 g/mol. The summed E-state index contributed by atoms with van der Waals surface area (Å²) in [6, 6.07) is 8.13. The molecule has 1 aliphatic carbocycles. The second-order valence-electron chi connectivity index (χ2n) is 8.53. The standard InChI is InChI=1S/C23H23BrN8O/c1-23(21(33)25-2)8-7-16(9-23)29-22-28-12-18-19(24)31-32(20(18)30-22)17-5-3-14(4-6-17)15-10-26-13-27-11-15/h3-6,10-13,16H,7-9H2,1-2H3,(H,25,33)(H,28,29,30)/t16-,23-/m1/s1. The van der Waals surface area contributed by atoms with E-state index < -0.39 is 0 Å². The fourth-order valence-electron chi connectivity index (χ4n) is 4.42. The molecule has 2 atom stereocenters. The number of hydrogen-bond acceptors (Lipinski definition) is 7. The van der Waals surface area contributed by atoms with E-state index in [1.165, 1.54) is 6.33 Å². The van der Waals surface area contributed by atoms with Crippen molar-refractivity contribution in [2.45, 2.75) is 32.2 Å². The molecule has 1 amide bonds. The van der Waals surface area contributed by atoms with Crippen LogP contribution in [0.4, 0.5) is 5.95 Å². The van der Waals surface area contributed by atoms with Gasteiger partial charge in [-0.2, -0.15) is 10.1 Å². The molecule has 1 saturated carbocycles. The Balaban J connectivity index is 1.42. The Bertz CT molecular complexity index is 1310. The molecule has 0 aliphatic heterocycles. The number of nitrogens with zero attached hydrogens (tertiary/aromatic N) is 6. The summed E-state index contributed by atoms with van der Waals surface area (Å²) >= 11 is 3.52. The fraction of sp³-hybridized carbons (Fsp3) is 0.304. The highest BCUT2D eigenvalue weighted by Gasteiger charge is 2.40. The van der Waals surface area contributed by atoms with Gasteiger partial charge in [-0.05, 0) is 52.9 Å². The number of fused-ring (bicyclic) bond motifs is 1. The van der Waals surface area contributed by atoms with Crippen molar-refractivity contribution in [1.29, 1.82) is 0 Å². The number of nitrogens with one attached hydrogen (secondary N) is 2. The molecule has 1 aliphatic rings. The number of benzene rings is 1. The van der Waals surface area contributed by atoms with Crippen LogP contribution in [0.1, 0.15) is 26.2 Å². The number of aromatic nitrogens is 6. The van der Waals surface area contributed by atoms with E-state index in [1.807, 2.05) is 31.2 Å². The van der Waals surface area contributed by atoms with Gasteiger partial charge in [0, 0.05) is 42.7 Å². The Hall–Kier alpha value is -3.40. The lowest BCUT2D eigenvalue weighted by Crippen LogP contribution is -2.35. The Morgan fingerprint density at radius 3 is 2.64 bits per heavy atom. The Labute approximate surface area is 199 Å². The van der Waals surface area contributed by atoms with Crippen LogP contribution < -0.4 is 10.6 Å². The summed E-state index contributed by atoms with van der Waals surface area (Å²) in [6.45, 7) is 2.01. The zero-order chi connectivity index (χ0) is 23.0. The quantitative estimate of drug-likeness (QED) is 0.423. The molecule has 1 fully saturated rings. The van der Waals surface area contributed by atoms with Crippen LogP contribution >= 0.6 is 15.9 Å². The molecule has 0 saturated heterocycles. The highest BCUT2D eigenvalue weighted by atomic mass is 79.9. The maximum absolute atomic E-state index is 12.2. The molecule has 1 aromatic carbocycles. The Morgan fingerprint density at radius 2 is 1.91 bits per heavy atom. The maximum atomic E-state index is 12.2. The first-order chi connectivity index (χ1) is 16.0. The van der Waals surface area contributed by atoms with Crippen LogP contribution in [-0.2, 0) is 4.79 Å². The van der Waals surface area contributed by atoms with E-state index >= 15 is 0 Å². The van der Waals surface area contributed by atoms with Crippen molar-refractivity contribution in [2.24, 2.45) is 5.41 Å². The zero-order valence-electron chi connectivity index (χ0n) is 18.3. The third-order valence-electron chi connectivity index (χ3n) is 6.24. The van der Waals surface area contributed by atoms with Crippen LogP contribution in [0.15, 0.2) is 53.8 Å². The van der Waals surface area contributed by atoms with Gasteiger partial charge in [-0.25, -0.2) is 19.6 Å². The van der Waals surface area contributed by atoms with Crippen molar-refractivity contribution < 1.29 is 4.79 Å². The van der Waals surface area contributed by atoms with Gasteiger partial charge >= 0.3 is 0 Å². The first-order valence-electron chi connectivity index (χ1n) is 10.7. The minimum atomic E-state index is -0.368. The molecule has 4 aromatic rings. The molecule has 0 radical (unpaired) electrons. The number of carbonyl (C=O) groups is 1. The largest absolute Gasteiger partial charge is 0.359 e. The molecule has 10 heteroatoms. The molecule has 168 valence electrons. The molecule has 3 aromatic heterocycles. The van der Waals surface area contributed by atoms with Gasteiger partial charge in [0.15, 0.2) is 5.65 Å². The van der Waals surface area contributed by atoms with Crippen molar-refractivity contribution in [3.63, 3.8) is 0 Å². The van der Waals surface area contributed by atoms with Crippen molar-refractivity contribution in [2.75, 3.05) is 12.4 Å². The van der Waals surface area contributed by atoms with Gasteiger partial charge in [-0.3, -0.25) is 4.79 Å². The van der Waals surface area contributed by atoms with Crippen molar-refractivity contribution >= 4 is 38.8 Å². The highest BCUT2D eigenvalue weighted by molar-refractivity contribution is 9.10. The normalized spacial score (nSPS) is 20.2. The van der Waals surface area contributed by atoms with Crippen molar-refractivity contribution in [3.8, 4) is 16.8 Å². The van der Waals surface area contributed by atoms with Gasteiger partial charge in [0.1, 0.15) is 10.9 Å². The summed E-state index contributed by atoms with van der Waals surface area (Å²) in [4.78, 5) is 29.6. The number of carbonyl (C=O) groups excluding carboxylic acids is 1. The second kappa shape index (κ2) is 8.51. The minimum absolute atomic E-state index is 0.0793. The Morgan fingerprint density at radius 1 is 1.15 bits per heavy atom. The van der Waals surface area contributed by atoms with E-state index in [2.05, 4.69) is 46.6 Å². The fourth-order valence-corrected chi connectivity index (χ4v) is 4.85.